The molecule has 130 valence electrons. The van der Waals surface area contributed by atoms with E-state index >= 15 is 0 Å². The van der Waals surface area contributed by atoms with Gasteiger partial charge in [-0.25, -0.2) is 4.79 Å². The second-order valence-electron chi connectivity index (χ2n) is 5.61. The average molecular weight is 424 g/mol. The molecule has 0 aromatic heterocycles. The zero-order chi connectivity index (χ0) is 18.0. The van der Waals surface area contributed by atoms with Gasteiger partial charge in [-0.2, -0.15) is 0 Å². The third kappa shape index (κ3) is 3.80. The number of ether oxygens (including phenoxy) is 1. The minimum absolute atomic E-state index is 0.190. The summed E-state index contributed by atoms with van der Waals surface area (Å²) in [7, 11) is 1.59. The predicted molar refractivity (Wildman–Crippen MR) is 100 cm³/mol. The summed E-state index contributed by atoms with van der Waals surface area (Å²) in [4.78, 5) is 27.9. The van der Waals surface area contributed by atoms with E-state index in [1.807, 2.05) is 18.2 Å². The van der Waals surface area contributed by atoms with Gasteiger partial charge in [0.1, 0.15) is 5.75 Å². The monoisotopic (exact) mass is 422 g/mol. The second-order valence-corrected chi connectivity index (χ2v) is 6.93. The Morgan fingerprint density at radius 1 is 1.16 bits per heavy atom. The summed E-state index contributed by atoms with van der Waals surface area (Å²) in [5.74, 6) is 0.536. The van der Waals surface area contributed by atoms with E-state index in [9.17, 15) is 9.59 Å². The summed E-state index contributed by atoms with van der Waals surface area (Å²) in [6, 6.07) is 12.2. The molecule has 5 nitrogen and oxygen atoms in total. The van der Waals surface area contributed by atoms with E-state index in [2.05, 4.69) is 15.9 Å². The number of carbonyl (C=O) groups excluding carboxylic acids is 2. The number of methoxy groups -OCH3 is 1. The fraction of sp³-hybridized carbons (Fsp3) is 0.222. The number of carbonyl (C=O) groups is 2. The molecule has 1 fully saturated rings. The molecule has 3 rings (SSSR count). The highest BCUT2D eigenvalue weighted by Gasteiger charge is 2.33. The van der Waals surface area contributed by atoms with Crippen LogP contribution in [-0.4, -0.2) is 30.5 Å². The molecule has 0 spiro atoms. The second kappa shape index (κ2) is 7.45. The molecule has 0 unspecified atom stereocenters. The van der Waals surface area contributed by atoms with Crippen LogP contribution in [0.1, 0.15) is 12.0 Å². The van der Waals surface area contributed by atoms with Gasteiger partial charge in [0, 0.05) is 17.4 Å². The van der Waals surface area contributed by atoms with Crippen LogP contribution in [0, 0.1) is 0 Å². The lowest BCUT2D eigenvalue weighted by atomic mass is 10.1. The Bertz CT molecular complexity index is 810. The third-order valence-corrected chi connectivity index (χ3v) is 4.81. The van der Waals surface area contributed by atoms with Gasteiger partial charge in [0.25, 0.3) is 0 Å². The third-order valence-electron chi connectivity index (χ3n) is 4.01. The SMILES string of the molecule is COc1ccc(CN2C(=O)CCN(c3ccc(Br)cc3Cl)C2=O)cc1. The lowest BCUT2D eigenvalue weighted by Crippen LogP contribution is -2.52. The molecule has 7 heteroatoms. The lowest BCUT2D eigenvalue weighted by molar-refractivity contribution is -0.129. The number of rotatable bonds is 4. The van der Waals surface area contributed by atoms with Gasteiger partial charge in [-0.3, -0.25) is 14.6 Å². The fourth-order valence-electron chi connectivity index (χ4n) is 2.68. The molecule has 1 saturated heterocycles. The number of hydrogen-bond acceptors (Lipinski definition) is 3. The van der Waals surface area contributed by atoms with E-state index in [0.717, 1.165) is 15.8 Å². The fourth-order valence-corrected chi connectivity index (χ4v) is 3.46. The van der Waals surface area contributed by atoms with Crippen LogP contribution in [0.4, 0.5) is 10.5 Å². The van der Waals surface area contributed by atoms with Crippen molar-refractivity contribution in [1.29, 1.82) is 0 Å². The number of imide groups is 1. The summed E-state index contributed by atoms with van der Waals surface area (Å²) >= 11 is 9.61. The largest absolute Gasteiger partial charge is 0.497 e. The minimum Gasteiger partial charge on any atom is -0.497 e. The molecule has 2 aromatic rings. The summed E-state index contributed by atoms with van der Waals surface area (Å²) < 4.78 is 5.96. The zero-order valence-corrected chi connectivity index (χ0v) is 15.9. The highest BCUT2D eigenvalue weighted by atomic mass is 79.9. The molecule has 0 radical (unpaired) electrons. The van der Waals surface area contributed by atoms with Crippen molar-refractivity contribution < 1.29 is 14.3 Å². The minimum atomic E-state index is -0.365. The van der Waals surface area contributed by atoms with Crippen LogP contribution >= 0.6 is 27.5 Å². The van der Waals surface area contributed by atoms with Crippen LogP contribution in [-0.2, 0) is 11.3 Å². The Morgan fingerprint density at radius 3 is 2.52 bits per heavy atom. The van der Waals surface area contributed by atoms with Crippen molar-refractivity contribution in [2.24, 2.45) is 0 Å². The van der Waals surface area contributed by atoms with Crippen LogP contribution in [0.5, 0.6) is 5.75 Å². The Hall–Kier alpha value is -2.05. The maximum atomic E-state index is 12.8. The number of anilines is 1. The molecule has 0 N–H and O–H groups in total. The first kappa shape index (κ1) is 17.8. The van der Waals surface area contributed by atoms with E-state index < -0.39 is 0 Å². The topological polar surface area (TPSA) is 49.9 Å². The smallest absolute Gasteiger partial charge is 0.331 e. The van der Waals surface area contributed by atoms with Crippen molar-refractivity contribution in [2.45, 2.75) is 13.0 Å². The highest BCUT2D eigenvalue weighted by Crippen LogP contribution is 2.31. The summed E-state index contributed by atoms with van der Waals surface area (Å²) in [6.45, 7) is 0.532. The number of benzene rings is 2. The first-order valence-electron chi connectivity index (χ1n) is 7.69. The summed E-state index contributed by atoms with van der Waals surface area (Å²) in [5.41, 5.74) is 1.45. The first-order chi connectivity index (χ1) is 12.0. The van der Waals surface area contributed by atoms with Crippen molar-refractivity contribution in [3.63, 3.8) is 0 Å². The van der Waals surface area contributed by atoms with E-state index in [-0.39, 0.29) is 24.9 Å². The standard InChI is InChI=1S/C18H16BrClN2O3/c1-25-14-5-2-12(3-6-14)11-22-17(23)8-9-21(18(22)24)16-7-4-13(19)10-15(16)20/h2-7,10H,8-9,11H2,1H3. The molecule has 0 aliphatic carbocycles. The van der Waals surface area contributed by atoms with Crippen LogP contribution in [0.3, 0.4) is 0 Å². The Balaban J connectivity index is 1.83. The van der Waals surface area contributed by atoms with Crippen LogP contribution in [0.15, 0.2) is 46.9 Å². The van der Waals surface area contributed by atoms with Crippen molar-refractivity contribution in [1.82, 2.24) is 4.90 Å². The van der Waals surface area contributed by atoms with E-state index in [0.29, 0.717) is 17.3 Å². The van der Waals surface area contributed by atoms with Crippen molar-refractivity contribution in [2.75, 3.05) is 18.6 Å². The van der Waals surface area contributed by atoms with E-state index in [1.165, 1.54) is 4.90 Å². The average Bonchev–Trinajstić information content (AvgIpc) is 2.60. The van der Waals surface area contributed by atoms with Crippen molar-refractivity contribution in [3.8, 4) is 5.75 Å². The Morgan fingerprint density at radius 2 is 1.88 bits per heavy atom. The van der Waals surface area contributed by atoms with Gasteiger partial charge in [0.2, 0.25) is 5.91 Å². The molecule has 3 amide bonds. The van der Waals surface area contributed by atoms with Crippen molar-refractivity contribution in [3.05, 3.63) is 57.5 Å². The molecule has 1 aliphatic heterocycles. The predicted octanol–water partition coefficient (Wildman–Crippen LogP) is 4.47. The number of halogens is 2. The maximum absolute atomic E-state index is 12.8. The van der Waals surface area contributed by atoms with Gasteiger partial charge < -0.3 is 4.74 Å². The Kier molecular flexibility index (Phi) is 5.30. The number of amides is 3. The number of nitrogens with zero attached hydrogens (tertiary/aromatic N) is 2. The van der Waals surface area contributed by atoms with E-state index in [4.69, 9.17) is 16.3 Å². The van der Waals surface area contributed by atoms with Gasteiger partial charge in [-0.05, 0) is 35.9 Å². The van der Waals surface area contributed by atoms with Gasteiger partial charge >= 0.3 is 6.03 Å². The van der Waals surface area contributed by atoms with Crippen LogP contribution in [0.25, 0.3) is 0 Å². The van der Waals surface area contributed by atoms with Gasteiger partial charge in [-0.15, -0.1) is 0 Å². The molecule has 0 atom stereocenters. The van der Waals surface area contributed by atoms with Gasteiger partial charge in [0.15, 0.2) is 0 Å². The molecule has 0 bridgehead atoms. The molecular weight excluding hydrogens is 408 g/mol. The van der Waals surface area contributed by atoms with E-state index in [1.54, 1.807) is 36.3 Å². The molecule has 1 aliphatic rings. The normalized spacial score (nSPS) is 14.8. The van der Waals surface area contributed by atoms with Gasteiger partial charge in [-0.1, -0.05) is 39.7 Å². The summed E-state index contributed by atoms with van der Waals surface area (Å²) in [6.07, 6.45) is 0.258. The molecule has 1 heterocycles. The summed E-state index contributed by atoms with van der Waals surface area (Å²) in [5, 5.41) is 0.460. The van der Waals surface area contributed by atoms with Crippen LogP contribution < -0.4 is 9.64 Å². The maximum Gasteiger partial charge on any atom is 0.331 e. The zero-order valence-electron chi connectivity index (χ0n) is 13.5. The number of hydrogen-bond donors (Lipinski definition) is 0. The molecule has 2 aromatic carbocycles. The lowest BCUT2D eigenvalue weighted by Gasteiger charge is -2.34. The molecule has 25 heavy (non-hydrogen) atoms. The quantitative estimate of drug-likeness (QED) is 0.729. The highest BCUT2D eigenvalue weighted by molar-refractivity contribution is 9.10. The van der Waals surface area contributed by atoms with Crippen LogP contribution in [0.2, 0.25) is 5.02 Å². The van der Waals surface area contributed by atoms with Crippen molar-refractivity contribution >= 4 is 45.2 Å². The Labute approximate surface area is 159 Å². The van der Waals surface area contributed by atoms with Gasteiger partial charge in [0.05, 0.1) is 24.4 Å². The first-order valence-corrected chi connectivity index (χ1v) is 8.86. The number of urea groups is 1. The molecule has 0 saturated carbocycles. The molecular formula is C18H16BrClN2O3.